The molecule has 3 aliphatic rings. The summed E-state index contributed by atoms with van der Waals surface area (Å²) in [6, 6.07) is 22.2. The molecule has 4 aromatic rings. The Bertz CT molecular complexity index is 2050. The summed E-state index contributed by atoms with van der Waals surface area (Å²) in [7, 11) is 0. The number of carbonyl (C=O) groups is 5. The second kappa shape index (κ2) is 14.0. The molecular weight excluding hydrogens is 662 g/mol. The smallest absolute Gasteiger partial charge is 0.262 e. The van der Waals surface area contributed by atoms with Crippen LogP contribution in [0.4, 0.5) is 5.69 Å². The number of aromatic nitrogens is 2. The van der Waals surface area contributed by atoms with Crippen LogP contribution in [0.2, 0.25) is 0 Å². The molecule has 0 bridgehead atoms. The van der Waals surface area contributed by atoms with E-state index in [-0.39, 0.29) is 53.7 Å². The summed E-state index contributed by atoms with van der Waals surface area (Å²) in [5.74, 6) is -0.543. The Labute approximate surface area is 301 Å². The van der Waals surface area contributed by atoms with Crippen LogP contribution >= 0.6 is 0 Å². The second-order valence-electron chi connectivity index (χ2n) is 13.9. The van der Waals surface area contributed by atoms with Crippen molar-refractivity contribution in [3.63, 3.8) is 0 Å². The SMILES string of the molecule is CC(=O)c1nccc(COc2ccc(C(C)(C)c3ccc(OC4CCN(c5ccc6c(c5)C(=O)N(C5CCC(=O)NC5=O)C6=O)CC4)cc3)cc2)n1. The number of benzene rings is 3. The van der Waals surface area contributed by atoms with Gasteiger partial charge in [-0.2, -0.15) is 0 Å². The first-order valence-corrected chi connectivity index (χ1v) is 17.4. The van der Waals surface area contributed by atoms with Gasteiger partial charge >= 0.3 is 0 Å². The first-order chi connectivity index (χ1) is 25.0. The lowest BCUT2D eigenvalue weighted by Gasteiger charge is -2.34. The average Bonchev–Trinajstić information content (AvgIpc) is 3.39. The number of anilines is 1. The van der Waals surface area contributed by atoms with Gasteiger partial charge in [-0.3, -0.25) is 34.2 Å². The topological polar surface area (TPSA) is 148 Å². The maximum Gasteiger partial charge on any atom is 0.262 e. The standard InChI is InChI=1S/C40H39N5O7/c1-24(46)36-41-19-16-27(42-36)23-51-29-9-4-25(5-10-29)40(2,3)26-6-11-30(12-7-26)52-31-17-20-44(21-18-31)28-8-13-32-33(22-28)39(50)45(38(32)49)34-14-15-35(47)43-37(34)48/h4-13,16,19,22,31,34H,14-15,17-18,20-21,23H2,1-3H3,(H,43,47,48). The second-order valence-corrected chi connectivity index (χ2v) is 13.9. The third-order valence-electron chi connectivity index (χ3n) is 10.1. The van der Waals surface area contributed by atoms with Crippen molar-refractivity contribution in [1.82, 2.24) is 20.2 Å². The van der Waals surface area contributed by atoms with Gasteiger partial charge in [-0.1, -0.05) is 38.1 Å². The molecule has 0 saturated carbocycles. The number of hydrogen-bond acceptors (Lipinski definition) is 10. The Kier molecular flexibility index (Phi) is 9.31. The zero-order chi connectivity index (χ0) is 36.6. The van der Waals surface area contributed by atoms with Gasteiger partial charge in [0.25, 0.3) is 11.8 Å². The maximum absolute atomic E-state index is 13.3. The minimum absolute atomic E-state index is 0.0275. The van der Waals surface area contributed by atoms with Crippen LogP contribution in [-0.4, -0.2) is 69.5 Å². The minimum atomic E-state index is -0.985. The van der Waals surface area contributed by atoms with Gasteiger partial charge in [-0.25, -0.2) is 9.97 Å². The number of nitrogens with one attached hydrogen (secondary N) is 1. The number of piperidine rings is 2. The largest absolute Gasteiger partial charge is 0.490 e. The van der Waals surface area contributed by atoms with E-state index in [9.17, 15) is 24.0 Å². The lowest BCUT2D eigenvalue weighted by molar-refractivity contribution is -0.136. The molecule has 3 aromatic carbocycles. The third kappa shape index (κ3) is 6.88. The Morgan fingerprint density at radius 3 is 2.15 bits per heavy atom. The predicted molar refractivity (Wildman–Crippen MR) is 190 cm³/mol. The van der Waals surface area contributed by atoms with E-state index in [1.54, 1.807) is 24.4 Å². The first-order valence-electron chi connectivity index (χ1n) is 17.4. The lowest BCUT2D eigenvalue weighted by Crippen LogP contribution is -2.54. The van der Waals surface area contributed by atoms with Gasteiger partial charge in [-0.15, -0.1) is 0 Å². The maximum atomic E-state index is 13.3. The summed E-state index contributed by atoms with van der Waals surface area (Å²) >= 11 is 0. The van der Waals surface area contributed by atoms with Gasteiger partial charge in [-0.05, 0) is 66.1 Å². The van der Waals surface area contributed by atoms with Crippen molar-refractivity contribution in [2.24, 2.45) is 0 Å². The molecule has 266 valence electrons. The molecule has 12 nitrogen and oxygen atoms in total. The van der Waals surface area contributed by atoms with Gasteiger partial charge in [0.1, 0.15) is 30.3 Å². The first kappa shape index (κ1) is 34.5. The molecule has 1 N–H and O–H groups in total. The van der Waals surface area contributed by atoms with Gasteiger partial charge in [0, 0.05) is 56.6 Å². The van der Waals surface area contributed by atoms with Crippen LogP contribution < -0.4 is 19.7 Å². The lowest BCUT2D eigenvalue weighted by atomic mass is 9.78. The zero-order valence-electron chi connectivity index (χ0n) is 29.3. The van der Waals surface area contributed by atoms with Crippen LogP contribution in [-0.2, 0) is 21.6 Å². The molecule has 0 radical (unpaired) electrons. The van der Waals surface area contributed by atoms with E-state index in [2.05, 4.69) is 58.3 Å². The summed E-state index contributed by atoms with van der Waals surface area (Å²) in [4.78, 5) is 73.3. The highest BCUT2D eigenvalue weighted by atomic mass is 16.5. The van der Waals surface area contributed by atoms with Crippen molar-refractivity contribution in [3.8, 4) is 11.5 Å². The highest BCUT2D eigenvalue weighted by Crippen LogP contribution is 2.35. The number of rotatable bonds is 10. The zero-order valence-corrected chi connectivity index (χ0v) is 29.3. The molecule has 52 heavy (non-hydrogen) atoms. The summed E-state index contributed by atoms with van der Waals surface area (Å²) in [6.07, 6.45) is 3.36. The Morgan fingerprint density at radius 1 is 0.846 bits per heavy atom. The molecule has 1 aromatic heterocycles. The van der Waals surface area contributed by atoms with Crippen LogP contribution in [0, 0.1) is 0 Å². The summed E-state index contributed by atoms with van der Waals surface area (Å²) in [6.45, 7) is 7.44. The number of hydrogen-bond donors (Lipinski definition) is 1. The molecule has 12 heteroatoms. The molecule has 0 spiro atoms. The Balaban J connectivity index is 0.923. The third-order valence-corrected chi connectivity index (χ3v) is 10.1. The van der Waals surface area contributed by atoms with Crippen LogP contribution in [0.5, 0.6) is 11.5 Å². The Hall–Kier alpha value is -5.91. The van der Waals surface area contributed by atoms with Crippen LogP contribution in [0.3, 0.4) is 0 Å². The summed E-state index contributed by atoms with van der Waals surface area (Å²) in [5.41, 5.74) is 4.02. The van der Waals surface area contributed by atoms with Crippen LogP contribution in [0.25, 0.3) is 0 Å². The molecular formula is C40H39N5O7. The number of imide groups is 2. The van der Waals surface area contributed by atoms with Crippen molar-refractivity contribution in [2.75, 3.05) is 18.0 Å². The number of Topliss-reactive ketones (excluding diaryl/α,β-unsaturated/α-hetero) is 1. The van der Waals surface area contributed by atoms with E-state index in [0.717, 1.165) is 40.3 Å². The van der Waals surface area contributed by atoms with E-state index in [1.807, 2.05) is 30.3 Å². The van der Waals surface area contributed by atoms with E-state index in [4.69, 9.17) is 9.47 Å². The minimum Gasteiger partial charge on any atom is -0.490 e. The van der Waals surface area contributed by atoms with Gasteiger partial charge in [0.2, 0.25) is 11.8 Å². The number of carbonyl (C=O) groups excluding carboxylic acids is 5. The Morgan fingerprint density at radius 2 is 1.50 bits per heavy atom. The molecule has 1 atom stereocenters. The van der Waals surface area contributed by atoms with Crippen molar-refractivity contribution in [2.45, 2.75) is 70.6 Å². The summed E-state index contributed by atoms with van der Waals surface area (Å²) in [5, 5.41) is 2.23. The quantitative estimate of drug-likeness (QED) is 0.176. The molecule has 4 heterocycles. The van der Waals surface area contributed by atoms with Gasteiger partial charge < -0.3 is 14.4 Å². The number of ketones is 1. The predicted octanol–water partition coefficient (Wildman–Crippen LogP) is 5.03. The van der Waals surface area contributed by atoms with Crippen molar-refractivity contribution in [1.29, 1.82) is 0 Å². The molecule has 4 amide bonds. The van der Waals surface area contributed by atoms with Crippen molar-refractivity contribution >= 4 is 35.1 Å². The van der Waals surface area contributed by atoms with Crippen LogP contribution in [0.1, 0.15) is 94.6 Å². The fraction of sp³-hybridized carbons (Fsp3) is 0.325. The molecule has 2 fully saturated rings. The number of fused-ring (bicyclic) bond motifs is 1. The fourth-order valence-corrected chi connectivity index (χ4v) is 6.97. The normalized spacial score (nSPS) is 17.9. The molecule has 2 saturated heterocycles. The monoisotopic (exact) mass is 701 g/mol. The molecule has 0 aliphatic carbocycles. The van der Waals surface area contributed by atoms with Gasteiger partial charge in [0.15, 0.2) is 11.6 Å². The van der Waals surface area contributed by atoms with E-state index < -0.39 is 29.7 Å². The number of amides is 4. The van der Waals surface area contributed by atoms with E-state index in [1.165, 1.54) is 6.92 Å². The number of ether oxygens (including phenoxy) is 2. The van der Waals surface area contributed by atoms with Crippen molar-refractivity contribution in [3.05, 3.63) is 113 Å². The molecule has 3 aliphatic heterocycles. The summed E-state index contributed by atoms with van der Waals surface area (Å²) < 4.78 is 12.3. The van der Waals surface area contributed by atoms with Gasteiger partial charge in [0.05, 0.1) is 16.8 Å². The average molecular weight is 702 g/mol. The highest BCUT2D eigenvalue weighted by Gasteiger charge is 2.44. The number of nitrogens with zero attached hydrogens (tertiary/aromatic N) is 4. The van der Waals surface area contributed by atoms with Crippen molar-refractivity contribution < 1.29 is 33.4 Å². The highest BCUT2D eigenvalue weighted by molar-refractivity contribution is 6.23. The van der Waals surface area contributed by atoms with E-state index in [0.29, 0.717) is 24.5 Å². The van der Waals surface area contributed by atoms with E-state index >= 15 is 0 Å². The van der Waals surface area contributed by atoms with Crippen LogP contribution in [0.15, 0.2) is 79.0 Å². The fourth-order valence-electron chi connectivity index (χ4n) is 6.97. The molecule has 1 unspecified atom stereocenters. The molecule has 7 rings (SSSR count).